The third kappa shape index (κ3) is 6.12. The molecule has 1 N–H and O–H groups in total. The van der Waals surface area contributed by atoms with E-state index in [0.29, 0.717) is 18.7 Å². The molecule has 0 saturated heterocycles. The van der Waals surface area contributed by atoms with Gasteiger partial charge in [0.2, 0.25) is 0 Å². The van der Waals surface area contributed by atoms with E-state index in [-0.39, 0.29) is 17.7 Å². The third-order valence-corrected chi connectivity index (χ3v) is 4.96. The van der Waals surface area contributed by atoms with Crippen molar-refractivity contribution < 1.29 is 23.4 Å². The summed E-state index contributed by atoms with van der Waals surface area (Å²) in [5.41, 5.74) is 0.666. The Morgan fingerprint density at radius 1 is 0.968 bits per heavy atom. The monoisotopic (exact) mass is 425 g/mol. The molecule has 31 heavy (non-hydrogen) atoms. The van der Waals surface area contributed by atoms with Crippen LogP contribution in [0.5, 0.6) is 5.75 Å². The largest absolute Gasteiger partial charge is 0.486 e. The van der Waals surface area contributed by atoms with Gasteiger partial charge in [-0.05, 0) is 24.7 Å². The van der Waals surface area contributed by atoms with Crippen LogP contribution >= 0.6 is 0 Å². The number of halogens is 2. The lowest BCUT2D eigenvalue weighted by atomic mass is 10.00. The smallest absolute Gasteiger partial charge is 0.317 e. The first-order valence-corrected chi connectivity index (χ1v) is 10.0. The van der Waals surface area contributed by atoms with Crippen molar-refractivity contribution in [2.24, 2.45) is 0 Å². The van der Waals surface area contributed by atoms with Gasteiger partial charge in [0.05, 0.1) is 6.54 Å². The molecule has 3 aromatic rings. The second-order valence-corrected chi connectivity index (χ2v) is 7.41. The summed E-state index contributed by atoms with van der Waals surface area (Å²) in [4.78, 5) is 12.6. The molecule has 162 valence electrons. The first-order valence-electron chi connectivity index (χ1n) is 10.0. The van der Waals surface area contributed by atoms with Gasteiger partial charge in [-0.25, -0.2) is 0 Å². The van der Waals surface area contributed by atoms with E-state index in [1.807, 2.05) is 30.3 Å². The Bertz CT molecular complexity index is 980. The normalized spacial score (nSPS) is 12.5. The number of aliphatic carboxylic acids is 1. The predicted octanol–water partition coefficient (Wildman–Crippen LogP) is 5.35. The standard InChI is InChI=1S/C25H25F2NO3/c1-28(18-24(29)30)16-15-23(19-9-4-2-5-10-19)31-22-14-8-13-21(17-22)25(26,27)20-11-6-3-7-12-20/h2-14,17,23H,15-16,18H2,1H3,(H,29,30). The lowest BCUT2D eigenvalue weighted by Crippen LogP contribution is -2.28. The Hall–Kier alpha value is -3.25. The predicted molar refractivity (Wildman–Crippen MR) is 115 cm³/mol. The first-order chi connectivity index (χ1) is 14.9. The molecule has 0 bridgehead atoms. The van der Waals surface area contributed by atoms with Crippen LogP contribution < -0.4 is 4.74 Å². The molecule has 0 fully saturated rings. The number of benzene rings is 3. The second kappa shape index (κ2) is 10.2. The van der Waals surface area contributed by atoms with Crippen molar-refractivity contribution in [2.45, 2.75) is 18.4 Å². The molecule has 0 aromatic heterocycles. The molecule has 0 saturated carbocycles. The Morgan fingerprint density at radius 3 is 2.23 bits per heavy atom. The molecule has 3 aromatic carbocycles. The molecule has 0 spiro atoms. The summed E-state index contributed by atoms with van der Waals surface area (Å²) in [5.74, 6) is -3.72. The first kappa shape index (κ1) is 22.4. The van der Waals surface area contributed by atoms with Crippen LogP contribution in [-0.4, -0.2) is 36.1 Å². The van der Waals surface area contributed by atoms with Crippen molar-refractivity contribution in [3.8, 4) is 5.75 Å². The quantitative estimate of drug-likeness (QED) is 0.476. The molecule has 0 aliphatic heterocycles. The minimum absolute atomic E-state index is 0.0814. The van der Waals surface area contributed by atoms with Gasteiger partial charge in [-0.1, -0.05) is 72.8 Å². The van der Waals surface area contributed by atoms with E-state index in [4.69, 9.17) is 9.84 Å². The van der Waals surface area contributed by atoms with Crippen molar-refractivity contribution in [3.05, 3.63) is 102 Å². The van der Waals surface area contributed by atoms with E-state index in [0.717, 1.165) is 5.56 Å². The van der Waals surface area contributed by atoms with Crippen LogP contribution in [0.2, 0.25) is 0 Å². The SMILES string of the molecule is CN(CCC(Oc1cccc(C(F)(F)c2ccccc2)c1)c1ccccc1)CC(=O)O. The highest BCUT2D eigenvalue weighted by atomic mass is 19.3. The van der Waals surface area contributed by atoms with Crippen LogP contribution in [0.1, 0.15) is 29.2 Å². The van der Waals surface area contributed by atoms with Crippen LogP contribution in [0, 0.1) is 0 Å². The molecule has 0 amide bonds. The highest BCUT2D eigenvalue weighted by molar-refractivity contribution is 5.69. The van der Waals surface area contributed by atoms with Gasteiger partial charge in [0.15, 0.2) is 0 Å². The molecule has 1 atom stereocenters. The maximum atomic E-state index is 15.0. The van der Waals surface area contributed by atoms with Crippen molar-refractivity contribution in [2.75, 3.05) is 20.1 Å². The maximum Gasteiger partial charge on any atom is 0.317 e. The molecule has 0 radical (unpaired) electrons. The van der Waals surface area contributed by atoms with Crippen LogP contribution in [0.4, 0.5) is 8.78 Å². The van der Waals surface area contributed by atoms with Gasteiger partial charge in [0.25, 0.3) is 5.92 Å². The van der Waals surface area contributed by atoms with Crippen LogP contribution in [0.25, 0.3) is 0 Å². The van der Waals surface area contributed by atoms with Gasteiger partial charge in [0.1, 0.15) is 11.9 Å². The van der Waals surface area contributed by atoms with Gasteiger partial charge in [-0.2, -0.15) is 8.78 Å². The molecule has 0 aliphatic rings. The van der Waals surface area contributed by atoms with Crippen LogP contribution in [-0.2, 0) is 10.7 Å². The lowest BCUT2D eigenvalue weighted by Gasteiger charge is -2.24. The number of likely N-dealkylation sites (N-methyl/N-ethyl adjacent to an activating group) is 1. The Morgan fingerprint density at radius 2 is 1.58 bits per heavy atom. The number of rotatable bonds is 10. The topological polar surface area (TPSA) is 49.8 Å². The summed E-state index contributed by atoms with van der Waals surface area (Å²) < 4.78 is 36.1. The lowest BCUT2D eigenvalue weighted by molar-refractivity contribution is -0.138. The van der Waals surface area contributed by atoms with Crippen molar-refractivity contribution in [1.82, 2.24) is 4.90 Å². The molecule has 0 heterocycles. The Labute approximate surface area is 180 Å². The van der Waals surface area contributed by atoms with Crippen molar-refractivity contribution in [1.29, 1.82) is 0 Å². The highest BCUT2D eigenvalue weighted by Gasteiger charge is 2.34. The molecular weight excluding hydrogens is 400 g/mol. The molecular formula is C25H25F2NO3. The van der Waals surface area contributed by atoms with Gasteiger partial charge in [-0.3, -0.25) is 9.69 Å². The number of nitrogens with zero attached hydrogens (tertiary/aromatic N) is 1. The number of carboxylic acid groups (broad SMARTS) is 1. The second-order valence-electron chi connectivity index (χ2n) is 7.41. The average molecular weight is 425 g/mol. The highest BCUT2D eigenvalue weighted by Crippen LogP contribution is 2.37. The zero-order valence-corrected chi connectivity index (χ0v) is 17.2. The molecule has 6 heteroatoms. The fourth-order valence-corrected chi connectivity index (χ4v) is 3.35. The number of hydrogen-bond acceptors (Lipinski definition) is 3. The Balaban J connectivity index is 1.81. The minimum atomic E-state index is -3.15. The van der Waals surface area contributed by atoms with E-state index in [2.05, 4.69) is 0 Å². The maximum absolute atomic E-state index is 15.0. The fraction of sp³-hybridized carbons (Fsp3) is 0.240. The number of alkyl halides is 2. The summed E-state index contributed by atoms with van der Waals surface area (Å²) in [7, 11) is 1.72. The zero-order valence-electron chi connectivity index (χ0n) is 17.2. The number of hydrogen-bond donors (Lipinski definition) is 1. The summed E-state index contributed by atoms with van der Waals surface area (Å²) >= 11 is 0. The fourth-order valence-electron chi connectivity index (χ4n) is 3.35. The van der Waals surface area contributed by atoms with Gasteiger partial charge in [0, 0.05) is 24.1 Å². The van der Waals surface area contributed by atoms with E-state index < -0.39 is 18.0 Å². The van der Waals surface area contributed by atoms with Crippen LogP contribution in [0.15, 0.2) is 84.9 Å². The molecule has 1 unspecified atom stereocenters. The van der Waals surface area contributed by atoms with Gasteiger partial charge in [-0.15, -0.1) is 0 Å². The molecule has 4 nitrogen and oxygen atoms in total. The summed E-state index contributed by atoms with van der Waals surface area (Å²) in [6.07, 6.45) is 0.102. The van der Waals surface area contributed by atoms with Crippen LogP contribution in [0.3, 0.4) is 0 Å². The van der Waals surface area contributed by atoms with Crippen molar-refractivity contribution in [3.63, 3.8) is 0 Å². The van der Waals surface area contributed by atoms with Crippen molar-refractivity contribution >= 4 is 5.97 Å². The number of carbonyl (C=O) groups is 1. The minimum Gasteiger partial charge on any atom is -0.486 e. The van der Waals surface area contributed by atoms with E-state index in [1.54, 1.807) is 42.3 Å². The molecule has 3 rings (SSSR count). The third-order valence-electron chi connectivity index (χ3n) is 4.96. The van der Waals surface area contributed by atoms with Gasteiger partial charge < -0.3 is 9.84 Å². The molecule has 0 aliphatic carbocycles. The van der Waals surface area contributed by atoms with E-state index in [9.17, 15) is 13.6 Å². The average Bonchev–Trinajstić information content (AvgIpc) is 2.77. The van der Waals surface area contributed by atoms with Gasteiger partial charge >= 0.3 is 5.97 Å². The zero-order chi connectivity index (χ0) is 22.3. The van der Waals surface area contributed by atoms with E-state index in [1.165, 1.54) is 24.3 Å². The Kier molecular flexibility index (Phi) is 7.36. The number of ether oxygens (including phenoxy) is 1. The van der Waals surface area contributed by atoms with E-state index >= 15 is 0 Å². The summed E-state index contributed by atoms with van der Waals surface area (Å²) in [6.45, 7) is 0.395. The number of carboxylic acids is 1. The summed E-state index contributed by atoms with van der Waals surface area (Å²) in [5, 5.41) is 8.96. The summed E-state index contributed by atoms with van der Waals surface area (Å²) in [6, 6.07) is 23.1.